The Morgan fingerprint density at radius 2 is 2.11 bits per heavy atom. The van der Waals surface area contributed by atoms with Crippen LogP contribution >= 0.6 is 0 Å². The predicted molar refractivity (Wildman–Crippen MR) is 73.5 cm³/mol. The molecule has 0 aromatic carbocycles. The molecule has 0 spiro atoms. The first-order valence-corrected chi connectivity index (χ1v) is 6.85. The monoisotopic (exact) mass is 254 g/mol. The van der Waals surface area contributed by atoms with Crippen LogP contribution in [0.25, 0.3) is 0 Å². The van der Waals surface area contributed by atoms with Gasteiger partial charge in [-0.25, -0.2) is 0 Å². The van der Waals surface area contributed by atoms with Crippen LogP contribution in [0.3, 0.4) is 0 Å². The van der Waals surface area contributed by atoms with Crippen molar-refractivity contribution in [2.45, 2.75) is 51.6 Å². The van der Waals surface area contributed by atoms with E-state index in [1.807, 2.05) is 13.8 Å². The first kappa shape index (κ1) is 15.2. The highest BCUT2D eigenvalue weighted by Gasteiger charge is 2.19. The van der Waals surface area contributed by atoms with E-state index in [0.717, 1.165) is 18.4 Å². The van der Waals surface area contributed by atoms with Crippen molar-refractivity contribution < 1.29 is 9.53 Å². The van der Waals surface area contributed by atoms with Crippen molar-refractivity contribution in [2.75, 3.05) is 19.8 Å². The van der Waals surface area contributed by atoms with Gasteiger partial charge in [-0.05, 0) is 26.7 Å². The number of amides is 1. The van der Waals surface area contributed by atoms with Gasteiger partial charge in [-0.1, -0.05) is 25.0 Å². The van der Waals surface area contributed by atoms with Gasteiger partial charge < -0.3 is 15.4 Å². The number of rotatable bonds is 8. The standard InChI is InChI=1S/C14H26N2O2/c1-11(2)10-18-9-8-15-12(3)14(17)16-13-6-4-5-7-13/h12-13,15H,1,4-10H2,2-3H3,(H,16,17). The van der Waals surface area contributed by atoms with E-state index >= 15 is 0 Å². The van der Waals surface area contributed by atoms with Crippen molar-refractivity contribution in [3.63, 3.8) is 0 Å². The van der Waals surface area contributed by atoms with Crippen LogP contribution in [-0.4, -0.2) is 37.7 Å². The summed E-state index contributed by atoms with van der Waals surface area (Å²) in [6, 6.07) is 0.237. The molecule has 1 rings (SSSR count). The lowest BCUT2D eigenvalue weighted by Gasteiger charge is -2.17. The molecule has 1 aliphatic carbocycles. The minimum Gasteiger partial charge on any atom is -0.376 e. The topological polar surface area (TPSA) is 50.4 Å². The van der Waals surface area contributed by atoms with Gasteiger partial charge in [0.2, 0.25) is 5.91 Å². The smallest absolute Gasteiger partial charge is 0.237 e. The van der Waals surface area contributed by atoms with Gasteiger partial charge in [0.05, 0.1) is 19.3 Å². The van der Waals surface area contributed by atoms with E-state index in [1.165, 1.54) is 12.8 Å². The van der Waals surface area contributed by atoms with E-state index in [-0.39, 0.29) is 11.9 Å². The molecule has 0 aromatic heterocycles. The summed E-state index contributed by atoms with van der Waals surface area (Å²) in [7, 11) is 0. The largest absolute Gasteiger partial charge is 0.376 e. The first-order valence-electron chi connectivity index (χ1n) is 6.85. The molecular weight excluding hydrogens is 228 g/mol. The third-order valence-corrected chi connectivity index (χ3v) is 3.14. The highest BCUT2D eigenvalue weighted by molar-refractivity contribution is 5.81. The molecule has 1 atom stereocenters. The number of nitrogens with one attached hydrogen (secondary N) is 2. The molecule has 4 heteroatoms. The number of carbonyl (C=O) groups is 1. The highest BCUT2D eigenvalue weighted by atomic mass is 16.5. The summed E-state index contributed by atoms with van der Waals surface area (Å²) in [5.74, 6) is 0.0989. The summed E-state index contributed by atoms with van der Waals surface area (Å²) in [5, 5.41) is 6.24. The second kappa shape index (κ2) is 8.27. The van der Waals surface area contributed by atoms with E-state index in [1.54, 1.807) is 0 Å². The van der Waals surface area contributed by atoms with Crippen LogP contribution in [-0.2, 0) is 9.53 Å². The number of hydrogen-bond donors (Lipinski definition) is 2. The molecule has 1 saturated carbocycles. The molecule has 1 aliphatic rings. The van der Waals surface area contributed by atoms with Crippen LogP contribution in [0.4, 0.5) is 0 Å². The fraction of sp³-hybridized carbons (Fsp3) is 0.786. The molecule has 2 N–H and O–H groups in total. The summed E-state index contributed by atoms with van der Waals surface area (Å²) in [5.41, 5.74) is 1.02. The third-order valence-electron chi connectivity index (χ3n) is 3.14. The second-order valence-corrected chi connectivity index (χ2v) is 5.18. The average molecular weight is 254 g/mol. The Morgan fingerprint density at radius 3 is 2.72 bits per heavy atom. The van der Waals surface area contributed by atoms with Crippen molar-refractivity contribution in [1.82, 2.24) is 10.6 Å². The zero-order valence-electron chi connectivity index (χ0n) is 11.6. The Bertz CT molecular complexity index is 273. The van der Waals surface area contributed by atoms with Crippen molar-refractivity contribution in [3.05, 3.63) is 12.2 Å². The van der Waals surface area contributed by atoms with Gasteiger partial charge in [0, 0.05) is 12.6 Å². The minimum absolute atomic E-state index is 0.0989. The van der Waals surface area contributed by atoms with Crippen LogP contribution in [0.2, 0.25) is 0 Å². The molecule has 0 aliphatic heterocycles. The summed E-state index contributed by atoms with van der Waals surface area (Å²) in [6.07, 6.45) is 4.73. The molecule has 0 radical (unpaired) electrons. The van der Waals surface area contributed by atoms with Gasteiger partial charge in [-0.15, -0.1) is 0 Å². The van der Waals surface area contributed by atoms with Crippen molar-refractivity contribution in [3.8, 4) is 0 Å². The van der Waals surface area contributed by atoms with Crippen molar-refractivity contribution in [1.29, 1.82) is 0 Å². The normalized spacial score (nSPS) is 17.7. The second-order valence-electron chi connectivity index (χ2n) is 5.18. The lowest BCUT2D eigenvalue weighted by atomic mass is 10.2. The molecular formula is C14H26N2O2. The van der Waals surface area contributed by atoms with Crippen LogP contribution in [0.5, 0.6) is 0 Å². The first-order chi connectivity index (χ1) is 8.59. The average Bonchev–Trinajstić information content (AvgIpc) is 2.80. The summed E-state index contributed by atoms with van der Waals surface area (Å²) in [4.78, 5) is 11.8. The lowest BCUT2D eigenvalue weighted by molar-refractivity contribution is -0.123. The summed E-state index contributed by atoms with van der Waals surface area (Å²) >= 11 is 0. The zero-order chi connectivity index (χ0) is 13.4. The van der Waals surface area contributed by atoms with Gasteiger partial charge >= 0.3 is 0 Å². The fourth-order valence-corrected chi connectivity index (χ4v) is 2.08. The van der Waals surface area contributed by atoms with E-state index in [9.17, 15) is 4.79 Å². The van der Waals surface area contributed by atoms with Crippen LogP contribution < -0.4 is 10.6 Å². The molecule has 0 heterocycles. The van der Waals surface area contributed by atoms with Gasteiger partial charge in [-0.2, -0.15) is 0 Å². The quantitative estimate of drug-likeness (QED) is 0.511. The van der Waals surface area contributed by atoms with Gasteiger partial charge in [-0.3, -0.25) is 4.79 Å². The van der Waals surface area contributed by atoms with E-state index in [4.69, 9.17) is 4.74 Å². The van der Waals surface area contributed by atoms with E-state index < -0.39 is 0 Å². The van der Waals surface area contributed by atoms with E-state index in [2.05, 4.69) is 17.2 Å². The van der Waals surface area contributed by atoms with Crippen LogP contribution in [0.1, 0.15) is 39.5 Å². The highest BCUT2D eigenvalue weighted by Crippen LogP contribution is 2.17. The van der Waals surface area contributed by atoms with Gasteiger partial charge in [0.15, 0.2) is 0 Å². The predicted octanol–water partition coefficient (Wildman–Crippen LogP) is 1.62. The lowest BCUT2D eigenvalue weighted by Crippen LogP contribution is -2.46. The molecule has 0 bridgehead atoms. The van der Waals surface area contributed by atoms with Gasteiger partial charge in [0.25, 0.3) is 0 Å². The van der Waals surface area contributed by atoms with Crippen LogP contribution in [0, 0.1) is 0 Å². The molecule has 4 nitrogen and oxygen atoms in total. The molecule has 0 saturated heterocycles. The SMILES string of the molecule is C=C(C)COCCNC(C)C(=O)NC1CCCC1. The Balaban J connectivity index is 2.05. The van der Waals surface area contributed by atoms with E-state index in [0.29, 0.717) is 25.8 Å². The number of carbonyl (C=O) groups excluding carboxylic acids is 1. The maximum atomic E-state index is 11.8. The molecule has 0 aromatic rings. The Kier molecular flexibility index (Phi) is 6.98. The number of hydrogen-bond acceptors (Lipinski definition) is 3. The van der Waals surface area contributed by atoms with Crippen molar-refractivity contribution >= 4 is 5.91 Å². The van der Waals surface area contributed by atoms with Crippen LogP contribution in [0.15, 0.2) is 12.2 Å². The molecule has 18 heavy (non-hydrogen) atoms. The van der Waals surface area contributed by atoms with Crippen molar-refractivity contribution in [2.24, 2.45) is 0 Å². The van der Waals surface area contributed by atoms with Gasteiger partial charge in [0.1, 0.15) is 0 Å². The molecule has 104 valence electrons. The number of ether oxygens (including phenoxy) is 1. The maximum Gasteiger partial charge on any atom is 0.237 e. The third kappa shape index (κ3) is 6.17. The Morgan fingerprint density at radius 1 is 1.44 bits per heavy atom. The Labute approximate surface area is 110 Å². The molecule has 1 amide bonds. The zero-order valence-corrected chi connectivity index (χ0v) is 11.6. The Hall–Kier alpha value is -0.870. The molecule has 1 fully saturated rings. The summed E-state index contributed by atoms with van der Waals surface area (Å²) in [6.45, 7) is 9.47. The minimum atomic E-state index is -0.154. The molecule has 1 unspecified atom stereocenters. The maximum absolute atomic E-state index is 11.8. The fourth-order valence-electron chi connectivity index (χ4n) is 2.08. The summed E-state index contributed by atoms with van der Waals surface area (Å²) < 4.78 is 5.36.